The van der Waals surface area contributed by atoms with Gasteiger partial charge in [0, 0.05) is 20.1 Å². The molecule has 4 nitrogen and oxygen atoms in total. The SMILES string of the molecule is CCNc1nc(Cc2cccc(F)c2)nc(COC)c1Br. The molecule has 2 rings (SSSR count). The van der Waals surface area contributed by atoms with Crippen molar-refractivity contribution in [3.63, 3.8) is 0 Å². The van der Waals surface area contributed by atoms with Gasteiger partial charge in [-0.15, -0.1) is 0 Å². The number of anilines is 1. The summed E-state index contributed by atoms with van der Waals surface area (Å²) < 4.78 is 19.2. The van der Waals surface area contributed by atoms with Gasteiger partial charge in [-0.3, -0.25) is 0 Å². The molecule has 6 heteroatoms. The standard InChI is InChI=1S/C15H17BrFN3O/c1-3-18-15-14(16)12(9-21-2)19-13(20-15)8-10-5-4-6-11(17)7-10/h4-7H,3,8-9H2,1-2H3,(H,18,19,20). The molecular formula is C15H17BrFN3O. The summed E-state index contributed by atoms with van der Waals surface area (Å²) in [6.45, 7) is 3.13. The number of methoxy groups -OCH3 is 1. The van der Waals surface area contributed by atoms with Crippen LogP contribution in [-0.4, -0.2) is 23.6 Å². The highest BCUT2D eigenvalue weighted by Crippen LogP contribution is 2.25. The van der Waals surface area contributed by atoms with E-state index < -0.39 is 0 Å². The number of hydrogen-bond acceptors (Lipinski definition) is 4. The number of aromatic nitrogens is 2. The quantitative estimate of drug-likeness (QED) is 0.862. The number of nitrogens with zero attached hydrogens (tertiary/aromatic N) is 2. The average Bonchev–Trinajstić information content (AvgIpc) is 2.44. The van der Waals surface area contributed by atoms with Gasteiger partial charge < -0.3 is 10.1 Å². The van der Waals surface area contributed by atoms with E-state index in [1.165, 1.54) is 12.1 Å². The van der Waals surface area contributed by atoms with Crippen LogP contribution in [0.1, 0.15) is 24.0 Å². The van der Waals surface area contributed by atoms with E-state index in [1.807, 2.05) is 13.0 Å². The van der Waals surface area contributed by atoms with Crippen molar-refractivity contribution in [3.8, 4) is 0 Å². The van der Waals surface area contributed by atoms with Gasteiger partial charge in [-0.2, -0.15) is 0 Å². The first kappa shape index (κ1) is 15.9. The fraction of sp³-hybridized carbons (Fsp3) is 0.333. The van der Waals surface area contributed by atoms with Gasteiger partial charge in [0.1, 0.15) is 17.5 Å². The largest absolute Gasteiger partial charge is 0.378 e. The summed E-state index contributed by atoms with van der Waals surface area (Å²) in [5, 5.41) is 3.18. The lowest BCUT2D eigenvalue weighted by Crippen LogP contribution is -2.09. The van der Waals surface area contributed by atoms with E-state index >= 15 is 0 Å². The lowest BCUT2D eigenvalue weighted by atomic mass is 10.1. The molecule has 21 heavy (non-hydrogen) atoms. The first-order valence-electron chi connectivity index (χ1n) is 6.66. The van der Waals surface area contributed by atoms with Crippen LogP contribution in [0.3, 0.4) is 0 Å². The maximum atomic E-state index is 13.3. The van der Waals surface area contributed by atoms with Gasteiger partial charge in [0.25, 0.3) is 0 Å². The maximum Gasteiger partial charge on any atom is 0.144 e. The van der Waals surface area contributed by atoms with Crippen molar-refractivity contribution in [3.05, 3.63) is 51.6 Å². The molecule has 1 aromatic heterocycles. The van der Waals surface area contributed by atoms with Crippen molar-refractivity contribution in [2.75, 3.05) is 19.0 Å². The monoisotopic (exact) mass is 353 g/mol. The third-order valence-electron chi connectivity index (χ3n) is 2.84. The van der Waals surface area contributed by atoms with E-state index in [1.54, 1.807) is 13.2 Å². The fourth-order valence-electron chi connectivity index (χ4n) is 1.97. The fourth-order valence-corrected chi connectivity index (χ4v) is 2.40. The van der Waals surface area contributed by atoms with Crippen LogP contribution in [0, 0.1) is 5.82 Å². The second kappa shape index (κ2) is 7.47. The Kier molecular flexibility index (Phi) is 5.64. The predicted octanol–water partition coefficient (Wildman–Crippen LogP) is 3.55. The Morgan fingerprint density at radius 2 is 2.14 bits per heavy atom. The number of hydrogen-bond donors (Lipinski definition) is 1. The van der Waals surface area contributed by atoms with Crippen LogP contribution in [0.25, 0.3) is 0 Å². The molecule has 1 aromatic carbocycles. The maximum absolute atomic E-state index is 13.3. The zero-order valence-electron chi connectivity index (χ0n) is 12.0. The van der Waals surface area contributed by atoms with Gasteiger partial charge >= 0.3 is 0 Å². The zero-order valence-corrected chi connectivity index (χ0v) is 13.6. The minimum atomic E-state index is -0.256. The van der Waals surface area contributed by atoms with Crippen LogP contribution in [0.5, 0.6) is 0 Å². The number of rotatable bonds is 6. The van der Waals surface area contributed by atoms with Crippen LogP contribution < -0.4 is 5.32 Å². The molecule has 0 radical (unpaired) electrons. The van der Waals surface area contributed by atoms with Gasteiger partial charge in [-0.25, -0.2) is 14.4 Å². The van der Waals surface area contributed by atoms with Crippen LogP contribution in [0.15, 0.2) is 28.7 Å². The third-order valence-corrected chi connectivity index (χ3v) is 3.68. The molecule has 0 saturated carbocycles. The molecule has 0 aliphatic carbocycles. The normalized spacial score (nSPS) is 10.7. The summed E-state index contributed by atoms with van der Waals surface area (Å²) in [6.07, 6.45) is 0.472. The minimum absolute atomic E-state index is 0.256. The Morgan fingerprint density at radius 3 is 2.81 bits per heavy atom. The summed E-state index contributed by atoms with van der Waals surface area (Å²) in [5.41, 5.74) is 1.61. The number of halogens is 2. The molecule has 0 aliphatic heterocycles. The molecule has 2 aromatic rings. The second-order valence-corrected chi connectivity index (χ2v) is 5.31. The molecule has 0 bridgehead atoms. The molecule has 1 N–H and O–H groups in total. The van der Waals surface area contributed by atoms with Crippen molar-refractivity contribution in [1.82, 2.24) is 9.97 Å². The molecule has 112 valence electrons. The van der Waals surface area contributed by atoms with Crippen molar-refractivity contribution in [1.29, 1.82) is 0 Å². The minimum Gasteiger partial charge on any atom is -0.378 e. The molecule has 0 aliphatic rings. The van der Waals surface area contributed by atoms with E-state index in [0.717, 1.165) is 28.1 Å². The summed E-state index contributed by atoms with van der Waals surface area (Å²) >= 11 is 3.49. The van der Waals surface area contributed by atoms with Gasteiger partial charge in [0.2, 0.25) is 0 Å². The average molecular weight is 354 g/mol. The Bertz CT molecular complexity index is 595. The number of ether oxygens (including phenoxy) is 1. The molecule has 0 amide bonds. The highest BCUT2D eigenvalue weighted by atomic mass is 79.9. The van der Waals surface area contributed by atoms with E-state index in [-0.39, 0.29) is 5.82 Å². The van der Waals surface area contributed by atoms with Crippen LogP contribution in [0.4, 0.5) is 10.2 Å². The highest BCUT2D eigenvalue weighted by molar-refractivity contribution is 9.10. The Morgan fingerprint density at radius 1 is 1.33 bits per heavy atom. The Hall–Kier alpha value is -1.53. The summed E-state index contributed by atoms with van der Waals surface area (Å²) in [4.78, 5) is 8.97. The van der Waals surface area contributed by atoms with E-state index in [9.17, 15) is 4.39 Å². The molecule has 1 heterocycles. The van der Waals surface area contributed by atoms with Crippen molar-refractivity contribution >= 4 is 21.7 Å². The molecule has 0 fully saturated rings. The van der Waals surface area contributed by atoms with Crippen molar-refractivity contribution < 1.29 is 9.13 Å². The predicted molar refractivity (Wildman–Crippen MR) is 83.8 cm³/mol. The van der Waals surface area contributed by atoms with Crippen LogP contribution in [0.2, 0.25) is 0 Å². The summed E-state index contributed by atoms with van der Waals surface area (Å²) in [7, 11) is 1.62. The topological polar surface area (TPSA) is 47.0 Å². The van der Waals surface area contributed by atoms with Gasteiger partial charge in [-0.05, 0) is 40.5 Å². The summed E-state index contributed by atoms with van der Waals surface area (Å²) in [6, 6.07) is 6.46. The third kappa shape index (κ3) is 4.22. The number of nitrogens with one attached hydrogen (secondary N) is 1. The number of benzene rings is 1. The molecular weight excluding hydrogens is 337 g/mol. The van der Waals surface area contributed by atoms with Crippen molar-refractivity contribution in [2.24, 2.45) is 0 Å². The first-order valence-corrected chi connectivity index (χ1v) is 7.46. The highest BCUT2D eigenvalue weighted by Gasteiger charge is 2.12. The Balaban J connectivity index is 2.33. The first-order chi connectivity index (χ1) is 10.1. The van der Waals surface area contributed by atoms with Gasteiger partial charge in [-0.1, -0.05) is 12.1 Å². The van der Waals surface area contributed by atoms with Crippen molar-refractivity contribution in [2.45, 2.75) is 20.0 Å². The lowest BCUT2D eigenvalue weighted by molar-refractivity contribution is 0.180. The smallest absolute Gasteiger partial charge is 0.144 e. The molecule has 0 unspecified atom stereocenters. The van der Waals surface area contributed by atoms with E-state index in [4.69, 9.17) is 4.74 Å². The van der Waals surface area contributed by atoms with Gasteiger partial charge in [0.05, 0.1) is 16.8 Å². The van der Waals surface area contributed by atoms with Crippen LogP contribution in [-0.2, 0) is 17.8 Å². The van der Waals surface area contributed by atoms with Crippen LogP contribution >= 0.6 is 15.9 Å². The molecule has 0 saturated heterocycles. The van der Waals surface area contributed by atoms with E-state index in [0.29, 0.717) is 18.9 Å². The second-order valence-electron chi connectivity index (χ2n) is 4.52. The molecule has 0 spiro atoms. The Labute approximate surface area is 131 Å². The lowest BCUT2D eigenvalue weighted by Gasteiger charge is -2.12. The van der Waals surface area contributed by atoms with E-state index in [2.05, 4.69) is 31.2 Å². The van der Waals surface area contributed by atoms with Gasteiger partial charge in [0.15, 0.2) is 0 Å². The summed E-state index contributed by atoms with van der Waals surface area (Å²) in [5.74, 6) is 1.10. The molecule has 0 atom stereocenters. The zero-order chi connectivity index (χ0) is 15.2.